The summed E-state index contributed by atoms with van der Waals surface area (Å²) in [4.78, 5) is 3.41. The van der Waals surface area contributed by atoms with E-state index in [1.807, 2.05) is 0 Å². The largest absolute Gasteiger partial charge is 0.303 e. The first-order chi connectivity index (χ1) is 5.13. The van der Waals surface area contributed by atoms with Crippen molar-refractivity contribution in [2.24, 2.45) is 0 Å². The Kier molecular flexibility index (Phi) is 2.79. The van der Waals surface area contributed by atoms with Crippen LogP contribution >= 0.6 is 12.6 Å². The van der Waals surface area contributed by atoms with Gasteiger partial charge in [0.15, 0.2) is 0 Å². The number of hydrogen-bond acceptors (Lipinski definition) is 2. The van der Waals surface area contributed by atoms with E-state index < -0.39 is 0 Å². The van der Waals surface area contributed by atoms with Gasteiger partial charge in [-0.3, -0.25) is 0 Å². The molecule has 0 unspecified atom stereocenters. The zero-order valence-electron chi connectivity index (χ0n) is 7.33. The molecule has 0 radical (unpaired) electrons. The van der Waals surface area contributed by atoms with Crippen molar-refractivity contribution in [3.05, 3.63) is 22.6 Å². The van der Waals surface area contributed by atoms with Crippen LogP contribution in [-0.2, 0) is 0 Å². The maximum Gasteiger partial charge on any atom is 0.0321 e. The number of likely N-dealkylation sites (N-methyl/N-ethyl adjacent to an activating group) is 1. The van der Waals surface area contributed by atoms with Crippen molar-refractivity contribution in [2.75, 3.05) is 14.1 Å². The molecule has 1 aliphatic carbocycles. The molecule has 1 rings (SSSR count). The zero-order valence-corrected chi connectivity index (χ0v) is 8.23. The lowest BCUT2D eigenvalue weighted by Crippen LogP contribution is -2.25. The van der Waals surface area contributed by atoms with Crippen LogP contribution in [0.5, 0.6) is 0 Å². The summed E-state index contributed by atoms with van der Waals surface area (Å²) in [5, 5.41) is 0. The molecular formula is C9H15NS. The molecule has 0 aliphatic heterocycles. The lowest BCUT2D eigenvalue weighted by molar-refractivity contribution is 0.355. The SMILES string of the molecule is C[C@H](C1=C(S)CC=C1)N(C)C. The molecule has 0 saturated carbocycles. The summed E-state index contributed by atoms with van der Waals surface area (Å²) in [5.41, 5.74) is 1.36. The molecular weight excluding hydrogens is 154 g/mol. The van der Waals surface area contributed by atoms with Crippen LogP contribution in [0.25, 0.3) is 0 Å². The number of hydrogen-bond donors (Lipinski definition) is 1. The summed E-state index contributed by atoms with van der Waals surface area (Å²) in [7, 11) is 4.18. The smallest absolute Gasteiger partial charge is 0.0321 e. The normalized spacial score (nSPS) is 20.1. The fraction of sp³-hybridized carbons (Fsp3) is 0.556. The summed E-state index contributed by atoms with van der Waals surface area (Å²) in [5.74, 6) is 0. The molecule has 1 aliphatic rings. The van der Waals surface area contributed by atoms with Gasteiger partial charge >= 0.3 is 0 Å². The van der Waals surface area contributed by atoms with Gasteiger partial charge in [-0.25, -0.2) is 0 Å². The van der Waals surface area contributed by atoms with Gasteiger partial charge in [0.25, 0.3) is 0 Å². The predicted molar refractivity (Wildman–Crippen MR) is 52.9 cm³/mol. The second-order valence-electron chi connectivity index (χ2n) is 3.15. The summed E-state index contributed by atoms with van der Waals surface area (Å²) in [6.07, 6.45) is 5.35. The van der Waals surface area contributed by atoms with E-state index in [2.05, 4.69) is 50.7 Å². The van der Waals surface area contributed by atoms with Crippen molar-refractivity contribution < 1.29 is 0 Å². The fourth-order valence-electron chi connectivity index (χ4n) is 1.17. The first kappa shape index (κ1) is 8.88. The summed E-state index contributed by atoms with van der Waals surface area (Å²) >= 11 is 4.41. The summed E-state index contributed by atoms with van der Waals surface area (Å²) < 4.78 is 0. The Morgan fingerprint density at radius 1 is 1.55 bits per heavy atom. The highest BCUT2D eigenvalue weighted by Crippen LogP contribution is 2.25. The van der Waals surface area contributed by atoms with Gasteiger partial charge in [-0.15, -0.1) is 12.6 Å². The molecule has 1 atom stereocenters. The van der Waals surface area contributed by atoms with Crippen LogP contribution in [0.15, 0.2) is 22.6 Å². The van der Waals surface area contributed by atoms with Gasteiger partial charge in [-0.1, -0.05) is 12.2 Å². The molecule has 2 heteroatoms. The van der Waals surface area contributed by atoms with Crippen molar-refractivity contribution in [2.45, 2.75) is 19.4 Å². The Hall–Kier alpha value is -0.210. The highest BCUT2D eigenvalue weighted by Gasteiger charge is 2.14. The van der Waals surface area contributed by atoms with Gasteiger partial charge in [0.2, 0.25) is 0 Å². The van der Waals surface area contributed by atoms with Gasteiger partial charge in [0.1, 0.15) is 0 Å². The van der Waals surface area contributed by atoms with Crippen LogP contribution in [0, 0.1) is 0 Å². The van der Waals surface area contributed by atoms with Crippen molar-refractivity contribution in [3.63, 3.8) is 0 Å². The van der Waals surface area contributed by atoms with Gasteiger partial charge in [0.05, 0.1) is 0 Å². The number of thiol groups is 1. The molecule has 0 aromatic rings. The average molecular weight is 169 g/mol. The standard InChI is InChI=1S/C9H15NS/c1-7(10(2)3)8-5-4-6-9(8)11/h4-5,7,11H,6H2,1-3H3/t7-/m1/s1. The quantitative estimate of drug-likeness (QED) is 0.619. The van der Waals surface area contributed by atoms with Crippen LogP contribution in [-0.4, -0.2) is 25.0 Å². The third-order valence-electron chi connectivity index (χ3n) is 2.17. The Morgan fingerprint density at radius 2 is 2.18 bits per heavy atom. The van der Waals surface area contributed by atoms with Crippen molar-refractivity contribution in [1.82, 2.24) is 4.90 Å². The third-order valence-corrected chi connectivity index (χ3v) is 2.61. The first-order valence-corrected chi connectivity index (χ1v) is 4.32. The second-order valence-corrected chi connectivity index (χ2v) is 3.69. The van der Waals surface area contributed by atoms with E-state index in [1.54, 1.807) is 0 Å². The monoisotopic (exact) mass is 169 g/mol. The molecule has 0 aromatic carbocycles. The first-order valence-electron chi connectivity index (χ1n) is 3.88. The fourth-order valence-corrected chi connectivity index (χ4v) is 1.54. The molecule has 0 fully saturated rings. The molecule has 1 nitrogen and oxygen atoms in total. The molecule has 0 spiro atoms. The highest BCUT2D eigenvalue weighted by atomic mass is 32.1. The molecule has 0 aromatic heterocycles. The van der Waals surface area contributed by atoms with Gasteiger partial charge in [-0.2, -0.15) is 0 Å². The molecule has 11 heavy (non-hydrogen) atoms. The summed E-state index contributed by atoms with van der Waals surface area (Å²) in [6.45, 7) is 2.20. The Morgan fingerprint density at radius 3 is 2.55 bits per heavy atom. The Balaban J connectivity index is 2.73. The molecule has 0 heterocycles. The molecule has 0 bridgehead atoms. The number of allylic oxidation sites excluding steroid dienone is 2. The second kappa shape index (κ2) is 3.46. The van der Waals surface area contributed by atoms with Gasteiger partial charge < -0.3 is 4.90 Å². The Labute approximate surface area is 74.2 Å². The topological polar surface area (TPSA) is 3.24 Å². The van der Waals surface area contributed by atoms with E-state index in [-0.39, 0.29) is 0 Å². The lowest BCUT2D eigenvalue weighted by Gasteiger charge is -2.20. The van der Waals surface area contributed by atoms with Crippen LogP contribution < -0.4 is 0 Å². The summed E-state index contributed by atoms with van der Waals surface area (Å²) in [6, 6.07) is 0.487. The van der Waals surface area contributed by atoms with Crippen molar-refractivity contribution >= 4 is 12.6 Å². The minimum atomic E-state index is 0.487. The van der Waals surface area contributed by atoms with E-state index in [0.717, 1.165) is 6.42 Å². The molecule has 62 valence electrons. The van der Waals surface area contributed by atoms with E-state index >= 15 is 0 Å². The van der Waals surface area contributed by atoms with E-state index in [0.29, 0.717) is 6.04 Å². The maximum absolute atomic E-state index is 4.41. The van der Waals surface area contributed by atoms with Crippen molar-refractivity contribution in [3.8, 4) is 0 Å². The minimum Gasteiger partial charge on any atom is -0.303 e. The lowest BCUT2D eigenvalue weighted by atomic mass is 10.1. The van der Waals surface area contributed by atoms with Crippen LogP contribution in [0.2, 0.25) is 0 Å². The maximum atomic E-state index is 4.41. The van der Waals surface area contributed by atoms with Crippen molar-refractivity contribution in [1.29, 1.82) is 0 Å². The number of nitrogens with zero attached hydrogens (tertiary/aromatic N) is 1. The predicted octanol–water partition coefficient (Wildman–Crippen LogP) is 2.08. The third kappa shape index (κ3) is 1.88. The number of rotatable bonds is 2. The van der Waals surface area contributed by atoms with E-state index in [9.17, 15) is 0 Å². The van der Waals surface area contributed by atoms with Gasteiger partial charge in [-0.05, 0) is 37.9 Å². The van der Waals surface area contributed by atoms with E-state index in [4.69, 9.17) is 0 Å². The Bertz CT molecular complexity index is 204. The minimum absolute atomic E-state index is 0.487. The molecule has 0 saturated heterocycles. The van der Waals surface area contributed by atoms with E-state index in [1.165, 1.54) is 10.5 Å². The van der Waals surface area contributed by atoms with Crippen LogP contribution in [0.4, 0.5) is 0 Å². The van der Waals surface area contributed by atoms with Crippen LogP contribution in [0.1, 0.15) is 13.3 Å². The molecule has 0 amide bonds. The zero-order chi connectivity index (χ0) is 8.43. The average Bonchev–Trinajstić information content (AvgIpc) is 2.33. The van der Waals surface area contributed by atoms with Gasteiger partial charge in [0, 0.05) is 6.04 Å². The molecule has 0 N–H and O–H groups in total. The highest BCUT2D eigenvalue weighted by molar-refractivity contribution is 7.84. The van der Waals surface area contributed by atoms with Crippen LogP contribution in [0.3, 0.4) is 0 Å².